The standard InChI is InChI=1S/C18H17FN2O3S/c19-25(23,24)13-15-11-18(22)21(12-15)17-6-3-4-14(10-17)7-8-16-5-1-2-9-20-16/h1-10,15H,11-13H2. The lowest BCUT2D eigenvalue weighted by atomic mass is 10.1. The molecule has 1 aliphatic heterocycles. The molecule has 0 bridgehead atoms. The lowest BCUT2D eigenvalue weighted by molar-refractivity contribution is -0.117. The highest BCUT2D eigenvalue weighted by Gasteiger charge is 2.33. The average molecular weight is 360 g/mol. The van der Waals surface area contributed by atoms with Gasteiger partial charge in [0.15, 0.2) is 0 Å². The van der Waals surface area contributed by atoms with Gasteiger partial charge in [-0.2, -0.15) is 8.42 Å². The zero-order valence-corrected chi connectivity index (χ0v) is 14.2. The smallest absolute Gasteiger partial charge is 0.302 e. The van der Waals surface area contributed by atoms with Gasteiger partial charge in [-0.1, -0.05) is 24.3 Å². The Morgan fingerprint density at radius 1 is 1.20 bits per heavy atom. The van der Waals surface area contributed by atoms with Gasteiger partial charge in [0.2, 0.25) is 5.91 Å². The van der Waals surface area contributed by atoms with Gasteiger partial charge >= 0.3 is 10.2 Å². The number of anilines is 1. The van der Waals surface area contributed by atoms with Crippen LogP contribution in [-0.2, 0) is 15.0 Å². The van der Waals surface area contributed by atoms with Crippen molar-refractivity contribution in [3.8, 4) is 0 Å². The molecule has 0 saturated carbocycles. The molecule has 1 saturated heterocycles. The SMILES string of the molecule is O=C1CC(CS(=O)(=O)F)CN1c1cccc(C=Cc2ccccn2)c1. The number of hydrogen-bond donors (Lipinski definition) is 0. The molecule has 0 N–H and O–H groups in total. The Kier molecular flexibility index (Phi) is 4.94. The van der Waals surface area contributed by atoms with Crippen LogP contribution in [0.15, 0.2) is 48.7 Å². The lowest BCUT2D eigenvalue weighted by Crippen LogP contribution is -2.25. The van der Waals surface area contributed by atoms with Crippen LogP contribution in [0, 0.1) is 5.92 Å². The van der Waals surface area contributed by atoms with Gasteiger partial charge in [-0.15, -0.1) is 3.89 Å². The van der Waals surface area contributed by atoms with Crippen molar-refractivity contribution in [2.75, 3.05) is 17.2 Å². The van der Waals surface area contributed by atoms with Crippen molar-refractivity contribution < 1.29 is 17.1 Å². The van der Waals surface area contributed by atoms with Crippen molar-refractivity contribution in [1.29, 1.82) is 0 Å². The number of hydrogen-bond acceptors (Lipinski definition) is 4. The van der Waals surface area contributed by atoms with Crippen LogP contribution in [0.4, 0.5) is 9.57 Å². The van der Waals surface area contributed by atoms with Crippen LogP contribution >= 0.6 is 0 Å². The molecule has 0 spiro atoms. The van der Waals surface area contributed by atoms with Gasteiger partial charge in [-0.3, -0.25) is 9.78 Å². The summed E-state index contributed by atoms with van der Waals surface area (Å²) in [5, 5.41) is 0. The van der Waals surface area contributed by atoms with E-state index in [1.165, 1.54) is 4.90 Å². The maximum Gasteiger partial charge on any atom is 0.302 e. The van der Waals surface area contributed by atoms with Crippen molar-refractivity contribution in [2.24, 2.45) is 5.92 Å². The Balaban J connectivity index is 1.75. The highest BCUT2D eigenvalue weighted by molar-refractivity contribution is 7.86. The number of rotatable bonds is 5. The third-order valence-electron chi connectivity index (χ3n) is 3.96. The molecule has 1 fully saturated rings. The van der Waals surface area contributed by atoms with Crippen LogP contribution in [0.3, 0.4) is 0 Å². The molecule has 0 aliphatic carbocycles. The Bertz CT molecular complexity index is 898. The maximum absolute atomic E-state index is 12.9. The number of nitrogens with zero attached hydrogens (tertiary/aromatic N) is 2. The summed E-state index contributed by atoms with van der Waals surface area (Å²) in [5.41, 5.74) is 2.38. The van der Waals surface area contributed by atoms with E-state index in [0.29, 0.717) is 5.69 Å². The van der Waals surface area contributed by atoms with Crippen LogP contribution < -0.4 is 4.90 Å². The first-order valence-corrected chi connectivity index (χ1v) is 9.38. The van der Waals surface area contributed by atoms with Crippen molar-refractivity contribution in [3.05, 3.63) is 59.9 Å². The Morgan fingerprint density at radius 2 is 2.04 bits per heavy atom. The van der Waals surface area contributed by atoms with E-state index >= 15 is 0 Å². The molecule has 7 heteroatoms. The minimum Gasteiger partial charge on any atom is -0.312 e. The van der Waals surface area contributed by atoms with Crippen molar-refractivity contribution in [2.45, 2.75) is 6.42 Å². The molecule has 25 heavy (non-hydrogen) atoms. The van der Waals surface area contributed by atoms with E-state index in [0.717, 1.165) is 11.3 Å². The number of halogens is 1. The predicted molar refractivity (Wildman–Crippen MR) is 95.0 cm³/mol. The van der Waals surface area contributed by atoms with Crippen molar-refractivity contribution in [1.82, 2.24) is 4.98 Å². The minimum atomic E-state index is -4.58. The minimum absolute atomic E-state index is 0.0388. The quantitative estimate of drug-likeness (QED) is 0.769. The topological polar surface area (TPSA) is 67.3 Å². The number of aromatic nitrogens is 1. The van der Waals surface area contributed by atoms with Gasteiger partial charge in [-0.25, -0.2) is 0 Å². The zero-order chi connectivity index (χ0) is 17.9. The first-order valence-electron chi connectivity index (χ1n) is 7.82. The Hall–Kier alpha value is -2.54. The second kappa shape index (κ2) is 7.14. The molecule has 1 aliphatic rings. The highest BCUT2D eigenvalue weighted by Crippen LogP contribution is 2.27. The van der Waals surface area contributed by atoms with Gasteiger partial charge in [0.05, 0.1) is 11.4 Å². The first kappa shape index (κ1) is 17.3. The van der Waals surface area contributed by atoms with E-state index in [1.54, 1.807) is 12.3 Å². The fraction of sp³-hybridized carbons (Fsp3) is 0.222. The third kappa shape index (κ3) is 4.73. The maximum atomic E-state index is 12.9. The summed E-state index contributed by atoms with van der Waals surface area (Å²) in [7, 11) is -4.58. The molecule has 0 radical (unpaired) electrons. The second-order valence-corrected chi connectivity index (χ2v) is 7.37. The number of pyridine rings is 1. The summed E-state index contributed by atoms with van der Waals surface area (Å²) in [6, 6.07) is 12.9. The molecule has 1 aromatic carbocycles. The molecule has 1 unspecified atom stereocenters. The van der Waals surface area contributed by atoms with Crippen LogP contribution in [0.5, 0.6) is 0 Å². The number of carbonyl (C=O) groups is 1. The third-order valence-corrected chi connectivity index (χ3v) is 4.83. The Labute approximate surface area is 146 Å². The number of benzene rings is 1. The summed E-state index contributed by atoms with van der Waals surface area (Å²) >= 11 is 0. The first-order chi connectivity index (χ1) is 11.9. The summed E-state index contributed by atoms with van der Waals surface area (Å²) in [5.74, 6) is -1.33. The normalized spacial score (nSPS) is 18.2. The van der Waals surface area contributed by atoms with Crippen LogP contribution in [0.1, 0.15) is 17.7 Å². The summed E-state index contributed by atoms with van der Waals surface area (Å²) < 4.78 is 34.4. The molecular formula is C18H17FN2O3S. The molecular weight excluding hydrogens is 343 g/mol. The second-order valence-electron chi connectivity index (χ2n) is 5.96. The van der Waals surface area contributed by atoms with Crippen molar-refractivity contribution >= 4 is 34.0 Å². The van der Waals surface area contributed by atoms with E-state index < -0.39 is 21.9 Å². The number of amides is 1. The van der Waals surface area contributed by atoms with E-state index in [2.05, 4.69) is 4.98 Å². The van der Waals surface area contributed by atoms with E-state index in [9.17, 15) is 17.1 Å². The zero-order valence-electron chi connectivity index (χ0n) is 13.4. The predicted octanol–water partition coefficient (Wildman–Crippen LogP) is 2.90. The van der Waals surface area contributed by atoms with Gasteiger partial charge < -0.3 is 4.90 Å². The molecule has 1 amide bonds. The molecule has 2 aromatic rings. The fourth-order valence-electron chi connectivity index (χ4n) is 2.88. The monoisotopic (exact) mass is 360 g/mol. The largest absolute Gasteiger partial charge is 0.312 e. The van der Waals surface area contributed by atoms with Crippen LogP contribution in [-0.4, -0.2) is 31.6 Å². The van der Waals surface area contributed by atoms with Crippen molar-refractivity contribution in [3.63, 3.8) is 0 Å². The van der Waals surface area contributed by atoms with Gasteiger partial charge in [-0.05, 0) is 35.9 Å². The van der Waals surface area contributed by atoms with Gasteiger partial charge in [0.1, 0.15) is 0 Å². The van der Waals surface area contributed by atoms with Gasteiger partial charge in [0.25, 0.3) is 0 Å². The summed E-state index contributed by atoms with van der Waals surface area (Å²) in [4.78, 5) is 17.9. The van der Waals surface area contributed by atoms with E-state index in [4.69, 9.17) is 0 Å². The number of carbonyl (C=O) groups excluding carboxylic acids is 1. The summed E-state index contributed by atoms with van der Waals surface area (Å²) in [6.45, 7) is 0.204. The molecule has 2 heterocycles. The fourth-order valence-corrected chi connectivity index (χ4v) is 3.66. The van der Waals surface area contributed by atoms with Crippen LogP contribution in [0.25, 0.3) is 12.2 Å². The highest BCUT2D eigenvalue weighted by atomic mass is 32.3. The molecule has 130 valence electrons. The summed E-state index contributed by atoms with van der Waals surface area (Å²) in [6.07, 6.45) is 5.49. The van der Waals surface area contributed by atoms with E-state index in [1.807, 2.05) is 48.6 Å². The molecule has 1 aromatic heterocycles. The van der Waals surface area contributed by atoms with Gasteiger partial charge in [0, 0.05) is 30.8 Å². The molecule has 3 rings (SSSR count). The average Bonchev–Trinajstić information content (AvgIpc) is 2.92. The van der Waals surface area contributed by atoms with E-state index in [-0.39, 0.29) is 18.9 Å². The lowest BCUT2D eigenvalue weighted by Gasteiger charge is -2.17. The molecule has 1 atom stereocenters. The Morgan fingerprint density at radius 3 is 2.76 bits per heavy atom. The van der Waals surface area contributed by atoms with Crippen LogP contribution in [0.2, 0.25) is 0 Å². The molecule has 5 nitrogen and oxygen atoms in total.